The van der Waals surface area contributed by atoms with Gasteiger partial charge in [-0.2, -0.15) is 0 Å². The van der Waals surface area contributed by atoms with Gasteiger partial charge in [-0.25, -0.2) is 4.98 Å². The Hall–Kier alpha value is -1.55. The molecular formula is C14H19IN4O2S. The van der Waals surface area contributed by atoms with Gasteiger partial charge in [-0.05, 0) is 12.1 Å². The molecule has 0 saturated carbocycles. The first-order valence-corrected chi connectivity index (χ1v) is 7.23. The van der Waals surface area contributed by atoms with Gasteiger partial charge < -0.3 is 20.1 Å². The summed E-state index contributed by atoms with van der Waals surface area (Å²) in [4.78, 5) is 8.40. The van der Waals surface area contributed by atoms with Crippen molar-refractivity contribution >= 4 is 47.0 Å². The molecule has 0 radical (unpaired) electrons. The number of halogens is 1. The number of methoxy groups -OCH3 is 2. The zero-order valence-corrected chi connectivity index (χ0v) is 15.8. The largest absolute Gasteiger partial charge is 0.493 e. The second-order valence-corrected chi connectivity index (χ2v) is 5.03. The van der Waals surface area contributed by atoms with Gasteiger partial charge in [-0.15, -0.1) is 35.3 Å². The van der Waals surface area contributed by atoms with Crippen LogP contribution < -0.4 is 20.1 Å². The van der Waals surface area contributed by atoms with E-state index in [0.29, 0.717) is 24.0 Å². The highest BCUT2D eigenvalue weighted by Crippen LogP contribution is 2.29. The zero-order valence-electron chi connectivity index (χ0n) is 12.6. The fraction of sp³-hybridized carbons (Fsp3) is 0.286. The Bertz CT molecular complexity index is 605. The molecule has 1 aromatic carbocycles. The molecule has 0 aliphatic heterocycles. The summed E-state index contributed by atoms with van der Waals surface area (Å²) in [6.07, 6.45) is 1.78. The van der Waals surface area contributed by atoms with Gasteiger partial charge in [-0.1, -0.05) is 0 Å². The lowest BCUT2D eigenvalue weighted by molar-refractivity contribution is 0.355. The van der Waals surface area contributed by atoms with Crippen LogP contribution in [0.15, 0.2) is 34.8 Å². The predicted molar refractivity (Wildman–Crippen MR) is 101 cm³/mol. The highest BCUT2D eigenvalue weighted by Gasteiger charge is 2.06. The number of hydrogen-bond acceptors (Lipinski definition) is 5. The summed E-state index contributed by atoms with van der Waals surface area (Å²) in [7, 11) is 4.94. The molecule has 0 spiro atoms. The topological polar surface area (TPSA) is 67.8 Å². The van der Waals surface area contributed by atoms with E-state index in [9.17, 15) is 0 Å². The molecule has 2 N–H and O–H groups in total. The van der Waals surface area contributed by atoms with E-state index in [1.807, 2.05) is 23.6 Å². The Labute approximate surface area is 151 Å². The van der Waals surface area contributed by atoms with Crippen molar-refractivity contribution < 1.29 is 9.47 Å². The predicted octanol–water partition coefficient (Wildman–Crippen LogP) is 2.97. The van der Waals surface area contributed by atoms with Crippen molar-refractivity contribution in [3.05, 3.63) is 34.8 Å². The van der Waals surface area contributed by atoms with Gasteiger partial charge in [-0.3, -0.25) is 4.99 Å². The number of aromatic nitrogens is 1. The molecule has 6 nitrogen and oxygen atoms in total. The molecule has 0 bridgehead atoms. The molecule has 0 atom stereocenters. The minimum atomic E-state index is 0. The van der Waals surface area contributed by atoms with E-state index in [1.165, 1.54) is 0 Å². The van der Waals surface area contributed by atoms with E-state index >= 15 is 0 Å². The van der Waals surface area contributed by atoms with Crippen LogP contribution in [-0.4, -0.2) is 32.2 Å². The fourth-order valence-electron chi connectivity index (χ4n) is 1.73. The Morgan fingerprint density at radius 1 is 1.27 bits per heavy atom. The number of rotatable bonds is 5. The summed E-state index contributed by atoms with van der Waals surface area (Å²) in [6, 6.07) is 5.60. The molecule has 0 saturated heterocycles. The molecule has 2 rings (SSSR count). The second kappa shape index (κ2) is 9.46. The van der Waals surface area contributed by atoms with Crippen LogP contribution in [0.5, 0.6) is 11.5 Å². The van der Waals surface area contributed by atoms with E-state index in [-0.39, 0.29) is 24.0 Å². The van der Waals surface area contributed by atoms with Gasteiger partial charge >= 0.3 is 0 Å². The zero-order chi connectivity index (χ0) is 15.1. The molecule has 120 valence electrons. The molecule has 8 heteroatoms. The van der Waals surface area contributed by atoms with Crippen LogP contribution in [0.1, 0.15) is 5.01 Å². The smallest absolute Gasteiger partial charge is 0.195 e. The van der Waals surface area contributed by atoms with Gasteiger partial charge in [0.2, 0.25) is 0 Å². The van der Waals surface area contributed by atoms with Crippen LogP contribution in [0.4, 0.5) is 5.69 Å². The van der Waals surface area contributed by atoms with Crippen molar-refractivity contribution in [2.24, 2.45) is 4.99 Å². The summed E-state index contributed by atoms with van der Waals surface area (Å²) < 4.78 is 10.5. The number of thiazole rings is 1. The average Bonchev–Trinajstić information content (AvgIpc) is 3.04. The number of nitrogens with one attached hydrogen (secondary N) is 2. The standard InChI is InChI=1S/C14H18N4O2S.HI/c1-15-14(17-9-13-16-6-7-21-13)18-10-4-5-11(19-2)12(8-10)20-3;/h4-8H,9H2,1-3H3,(H2,15,17,18);1H. The highest BCUT2D eigenvalue weighted by molar-refractivity contribution is 14.0. The molecule has 2 aromatic rings. The van der Waals surface area contributed by atoms with Crippen LogP contribution in [0.3, 0.4) is 0 Å². The first-order valence-electron chi connectivity index (χ1n) is 6.35. The van der Waals surface area contributed by atoms with Crippen LogP contribution in [0.25, 0.3) is 0 Å². The maximum Gasteiger partial charge on any atom is 0.195 e. The molecule has 1 aromatic heterocycles. The third kappa shape index (κ3) is 5.02. The summed E-state index contributed by atoms with van der Waals surface area (Å²) in [5, 5.41) is 9.35. The lowest BCUT2D eigenvalue weighted by Gasteiger charge is -2.13. The molecule has 0 fully saturated rings. The Morgan fingerprint density at radius 2 is 2.05 bits per heavy atom. The first-order chi connectivity index (χ1) is 10.3. The highest BCUT2D eigenvalue weighted by atomic mass is 127. The minimum Gasteiger partial charge on any atom is -0.493 e. The van der Waals surface area contributed by atoms with Gasteiger partial charge in [0.05, 0.1) is 20.8 Å². The number of guanidine groups is 1. The second-order valence-electron chi connectivity index (χ2n) is 4.05. The van der Waals surface area contributed by atoms with E-state index in [1.54, 1.807) is 38.8 Å². The SMILES string of the molecule is CN=C(NCc1nccs1)Nc1ccc(OC)c(OC)c1.I. The summed E-state index contributed by atoms with van der Waals surface area (Å²) in [5.74, 6) is 2.02. The van der Waals surface area contributed by atoms with Crippen molar-refractivity contribution in [3.8, 4) is 11.5 Å². The van der Waals surface area contributed by atoms with Crippen LogP contribution >= 0.6 is 35.3 Å². The van der Waals surface area contributed by atoms with Gasteiger partial charge in [0.25, 0.3) is 0 Å². The third-order valence-electron chi connectivity index (χ3n) is 2.76. The van der Waals surface area contributed by atoms with E-state index in [0.717, 1.165) is 10.7 Å². The monoisotopic (exact) mass is 434 g/mol. The van der Waals surface area contributed by atoms with Gasteiger partial charge in [0, 0.05) is 30.4 Å². The maximum atomic E-state index is 5.28. The van der Waals surface area contributed by atoms with Crippen LogP contribution in [0, 0.1) is 0 Å². The van der Waals surface area contributed by atoms with Crippen LogP contribution in [-0.2, 0) is 6.54 Å². The normalized spacial score (nSPS) is 10.6. The Morgan fingerprint density at radius 3 is 2.64 bits per heavy atom. The number of hydrogen-bond donors (Lipinski definition) is 2. The molecule has 0 aliphatic carbocycles. The minimum absolute atomic E-state index is 0. The number of benzene rings is 1. The number of ether oxygens (including phenoxy) is 2. The number of aliphatic imine (C=N–C) groups is 1. The van der Waals surface area contributed by atoms with E-state index in [2.05, 4.69) is 20.6 Å². The molecule has 0 amide bonds. The van der Waals surface area contributed by atoms with Gasteiger partial charge in [0.1, 0.15) is 5.01 Å². The average molecular weight is 434 g/mol. The van der Waals surface area contributed by atoms with Crippen molar-refractivity contribution in [2.45, 2.75) is 6.54 Å². The third-order valence-corrected chi connectivity index (χ3v) is 3.54. The summed E-state index contributed by atoms with van der Waals surface area (Å²) in [6.45, 7) is 0.630. The number of nitrogens with zero attached hydrogens (tertiary/aromatic N) is 2. The van der Waals surface area contributed by atoms with Crippen molar-refractivity contribution in [1.29, 1.82) is 0 Å². The van der Waals surface area contributed by atoms with Crippen molar-refractivity contribution in [1.82, 2.24) is 10.3 Å². The molecule has 0 aliphatic rings. The Balaban J connectivity index is 0.00000242. The maximum absolute atomic E-state index is 5.28. The van der Waals surface area contributed by atoms with E-state index < -0.39 is 0 Å². The van der Waals surface area contributed by atoms with Crippen LogP contribution in [0.2, 0.25) is 0 Å². The van der Waals surface area contributed by atoms with Gasteiger partial charge in [0.15, 0.2) is 17.5 Å². The fourth-order valence-corrected chi connectivity index (χ4v) is 2.29. The molecule has 22 heavy (non-hydrogen) atoms. The first kappa shape index (κ1) is 18.5. The Kier molecular flexibility index (Phi) is 7.96. The lowest BCUT2D eigenvalue weighted by atomic mass is 10.3. The molecule has 0 unspecified atom stereocenters. The van der Waals surface area contributed by atoms with Crippen molar-refractivity contribution in [2.75, 3.05) is 26.6 Å². The molecule has 1 heterocycles. The summed E-state index contributed by atoms with van der Waals surface area (Å²) in [5.41, 5.74) is 0.861. The van der Waals surface area contributed by atoms with Crippen molar-refractivity contribution in [3.63, 3.8) is 0 Å². The quantitative estimate of drug-likeness (QED) is 0.431. The summed E-state index contributed by atoms with van der Waals surface area (Å²) >= 11 is 1.60. The lowest BCUT2D eigenvalue weighted by Crippen LogP contribution is -2.30. The van der Waals surface area contributed by atoms with E-state index in [4.69, 9.17) is 9.47 Å². The number of anilines is 1. The molecular weight excluding hydrogens is 415 g/mol.